The third-order valence-corrected chi connectivity index (χ3v) is 3.71. The van der Waals surface area contributed by atoms with Gasteiger partial charge in [-0.25, -0.2) is 0 Å². The summed E-state index contributed by atoms with van der Waals surface area (Å²) in [5, 5.41) is 0.860. The third kappa shape index (κ3) is 2.17. The van der Waals surface area contributed by atoms with Crippen molar-refractivity contribution < 1.29 is 4.74 Å². The van der Waals surface area contributed by atoms with Crippen molar-refractivity contribution >= 4 is 11.8 Å². The maximum absolute atomic E-state index is 5.29. The molecule has 60 valence electrons. The molecule has 1 saturated heterocycles. The van der Waals surface area contributed by atoms with Crippen LogP contribution in [-0.2, 0) is 4.74 Å². The fraction of sp³-hybridized carbons (Fsp3) is 1.00. The Hall–Kier alpha value is 0.310. The third-order valence-electron chi connectivity index (χ3n) is 2.03. The quantitative estimate of drug-likeness (QED) is 0.614. The van der Waals surface area contributed by atoms with Crippen molar-refractivity contribution in [2.75, 3.05) is 7.11 Å². The highest BCUT2D eigenvalue weighted by Crippen LogP contribution is 2.33. The van der Waals surface area contributed by atoms with Crippen LogP contribution in [0.1, 0.15) is 32.6 Å². The van der Waals surface area contributed by atoms with Gasteiger partial charge in [0, 0.05) is 12.4 Å². The highest BCUT2D eigenvalue weighted by atomic mass is 32.2. The van der Waals surface area contributed by atoms with Gasteiger partial charge >= 0.3 is 0 Å². The zero-order valence-corrected chi connectivity index (χ0v) is 7.62. The van der Waals surface area contributed by atoms with E-state index in [-0.39, 0.29) is 0 Å². The van der Waals surface area contributed by atoms with Crippen molar-refractivity contribution in [3.8, 4) is 0 Å². The van der Waals surface area contributed by atoms with Crippen molar-refractivity contribution in [2.24, 2.45) is 0 Å². The van der Waals surface area contributed by atoms with Crippen LogP contribution in [0.25, 0.3) is 0 Å². The Kier molecular flexibility index (Phi) is 3.57. The molecule has 2 atom stereocenters. The summed E-state index contributed by atoms with van der Waals surface area (Å²) < 4.78 is 5.29. The number of hydrogen-bond acceptors (Lipinski definition) is 2. The molecular formula is C8H16OS. The maximum atomic E-state index is 5.29. The zero-order chi connectivity index (χ0) is 7.40. The molecule has 0 radical (unpaired) electrons. The lowest BCUT2D eigenvalue weighted by Gasteiger charge is -2.26. The Morgan fingerprint density at radius 1 is 1.50 bits per heavy atom. The second-order valence-corrected chi connectivity index (χ2v) is 4.23. The summed E-state index contributed by atoms with van der Waals surface area (Å²) in [4.78, 5) is 0. The van der Waals surface area contributed by atoms with Gasteiger partial charge in [0.25, 0.3) is 0 Å². The lowest BCUT2D eigenvalue weighted by atomic mass is 10.1. The molecular weight excluding hydrogens is 144 g/mol. The standard InChI is InChI=1S/C8H16OS/c1-3-7-5-4-6-8(9-2)10-7/h7-8H,3-6H2,1-2H3. The normalized spacial score (nSPS) is 34.2. The van der Waals surface area contributed by atoms with Crippen LogP contribution in [0.5, 0.6) is 0 Å². The van der Waals surface area contributed by atoms with Gasteiger partial charge in [0.05, 0.1) is 0 Å². The first kappa shape index (κ1) is 8.41. The van der Waals surface area contributed by atoms with Crippen molar-refractivity contribution in [1.82, 2.24) is 0 Å². The fourth-order valence-corrected chi connectivity index (χ4v) is 2.68. The molecule has 1 aliphatic rings. The van der Waals surface area contributed by atoms with Crippen LogP contribution in [-0.4, -0.2) is 17.8 Å². The molecule has 0 aliphatic carbocycles. The minimum atomic E-state index is 0.485. The van der Waals surface area contributed by atoms with Crippen LogP contribution < -0.4 is 0 Å². The van der Waals surface area contributed by atoms with E-state index in [1.807, 2.05) is 18.9 Å². The summed E-state index contributed by atoms with van der Waals surface area (Å²) >= 11 is 2.01. The number of methoxy groups -OCH3 is 1. The van der Waals surface area contributed by atoms with Crippen molar-refractivity contribution in [3.63, 3.8) is 0 Å². The maximum Gasteiger partial charge on any atom is 0.103 e. The molecule has 1 nitrogen and oxygen atoms in total. The summed E-state index contributed by atoms with van der Waals surface area (Å²) in [5.41, 5.74) is 0.485. The highest BCUT2D eigenvalue weighted by molar-refractivity contribution is 8.00. The van der Waals surface area contributed by atoms with Gasteiger partial charge in [0.15, 0.2) is 0 Å². The molecule has 1 fully saturated rings. The largest absolute Gasteiger partial charge is 0.371 e. The minimum absolute atomic E-state index is 0.485. The molecule has 0 bridgehead atoms. The predicted octanol–water partition coefficient (Wildman–Crippen LogP) is 2.65. The van der Waals surface area contributed by atoms with E-state index >= 15 is 0 Å². The number of thioether (sulfide) groups is 1. The number of rotatable bonds is 2. The lowest BCUT2D eigenvalue weighted by molar-refractivity contribution is 0.158. The molecule has 1 heterocycles. The highest BCUT2D eigenvalue weighted by Gasteiger charge is 2.20. The van der Waals surface area contributed by atoms with Crippen LogP contribution in [0.4, 0.5) is 0 Å². The number of hydrogen-bond donors (Lipinski definition) is 0. The van der Waals surface area contributed by atoms with Crippen molar-refractivity contribution in [3.05, 3.63) is 0 Å². The van der Waals surface area contributed by atoms with E-state index in [4.69, 9.17) is 4.74 Å². The molecule has 0 spiro atoms. The first-order chi connectivity index (χ1) is 4.86. The Bertz CT molecular complexity index is 85.3. The van der Waals surface area contributed by atoms with Crippen LogP contribution in [0, 0.1) is 0 Å². The minimum Gasteiger partial charge on any atom is -0.371 e. The van der Waals surface area contributed by atoms with Gasteiger partial charge in [-0.15, -0.1) is 11.8 Å². The van der Waals surface area contributed by atoms with Crippen LogP contribution in [0.15, 0.2) is 0 Å². The molecule has 0 amide bonds. The molecule has 2 unspecified atom stereocenters. The molecule has 0 aromatic heterocycles. The fourth-order valence-electron chi connectivity index (χ4n) is 1.34. The molecule has 0 N–H and O–H groups in total. The van der Waals surface area contributed by atoms with E-state index in [0.717, 1.165) is 5.25 Å². The Labute approximate surface area is 67.5 Å². The zero-order valence-electron chi connectivity index (χ0n) is 6.80. The van der Waals surface area contributed by atoms with E-state index in [2.05, 4.69) is 6.92 Å². The predicted molar refractivity (Wildman–Crippen MR) is 46.3 cm³/mol. The molecule has 10 heavy (non-hydrogen) atoms. The Balaban J connectivity index is 2.25. The van der Waals surface area contributed by atoms with Gasteiger partial charge in [-0.05, 0) is 25.7 Å². The molecule has 1 rings (SSSR count). The summed E-state index contributed by atoms with van der Waals surface area (Å²) in [5.74, 6) is 0. The summed E-state index contributed by atoms with van der Waals surface area (Å²) in [6, 6.07) is 0. The second kappa shape index (κ2) is 4.24. The molecule has 0 aromatic carbocycles. The molecule has 2 heteroatoms. The average Bonchev–Trinajstić information content (AvgIpc) is 2.05. The summed E-state index contributed by atoms with van der Waals surface area (Å²) in [6.45, 7) is 2.26. The van der Waals surface area contributed by atoms with E-state index in [1.54, 1.807) is 0 Å². The molecule has 1 aliphatic heterocycles. The van der Waals surface area contributed by atoms with Crippen LogP contribution in [0.2, 0.25) is 0 Å². The van der Waals surface area contributed by atoms with Gasteiger partial charge < -0.3 is 4.74 Å². The molecule has 0 saturated carbocycles. The number of ether oxygens (including phenoxy) is 1. The SMILES string of the molecule is CCC1CCCC(OC)S1. The van der Waals surface area contributed by atoms with Crippen LogP contribution >= 0.6 is 11.8 Å². The van der Waals surface area contributed by atoms with E-state index in [0.29, 0.717) is 5.44 Å². The van der Waals surface area contributed by atoms with Crippen LogP contribution in [0.3, 0.4) is 0 Å². The van der Waals surface area contributed by atoms with Gasteiger partial charge in [-0.3, -0.25) is 0 Å². The van der Waals surface area contributed by atoms with Crippen molar-refractivity contribution in [2.45, 2.75) is 43.3 Å². The topological polar surface area (TPSA) is 9.23 Å². The summed E-state index contributed by atoms with van der Waals surface area (Å²) in [7, 11) is 1.82. The second-order valence-electron chi connectivity index (χ2n) is 2.76. The molecule has 0 aromatic rings. The first-order valence-electron chi connectivity index (χ1n) is 4.05. The van der Waals surface area contributed by atoms with E-state index in [1.165, 1.54) is 25.7 Å². The first-order valence-corrected chi connectivity index (χ1v) is 4.99. The Morgan fingerprint density at radius 3 is 2.90 bits per heavy atom. The van der Waals surface area contributed by atoms with E-state index < -0.39 is 0 Å². The van der Waals surface area contributed by atoms with Gasteiger partial charge in [-0.2, -0.15) is 0 Å². The smallest absolute Gasteiger partial charge is 0.103 e. The van der Waals surface area contributed by atoms with E-state index in [9.17, 15) is 0 Å². The van der Waals surface area contributed by atoms with Gasteiger partial charge in [-0.1, -0.05) is 6.92 Å². The Morgan fingerprint density at radius 2 is 2.30 bits per heavy atom. The van der Waals surface area contributed by atoms with Gasteiger partial charge in [0.1, 0.15) is 5.44 Å². The average molecular weight is 160 g/mol. The lowest BCUT2D eigenvalue weighted by Crippen LogP contribution is -2.18. The van der Waals surface area contributed by atoms with Crippen molar-refractivity contribution in [1.29, 1.82) is 0 Å². The van der Waals surface area contributed by atoms with Gasteiger partial charge in [0.2, 0.25) is 0 Å². The monoisotopic (exact) mass is 160 g/mol. The summed E-state index contributed by atoms with van der Waals surface area (Å²) in [6.07, 6.45) is 5.28.